The average molecular weight is 268 g/mol. The van der Waals surface area contributed by atoms with Crippen molar-refractivity contribution in [1.29, 1.82) is 0 Å². The van der Waals surface area contributed by atoms with E-state index in [1.807, 2.05) is 0 Å². The SMILES string of the molecule is CCC1CN(CCC(O)c2ccc(F)cn2)CCO1. The van der Waals surface area contributed by atoms with Crippen LogP contribution in [0.5, 0.6) is 0 Å². The molecule has 1 aromatic heterocycles. The highest BCUT2D eigenvalue weighted by Crippen LogP contribution is 2.16. The van der Waals surface area contributed by atoms with Crippen LogP contribution in [0.15, 0.2) is 18.3 Å². The van der Waals surface area contributed by atoms with Gasteiger partial charge in [-0.15, -0.1) is 0 Å². The predicted molar refractivity (Wildman–Crippen MR) is 70.2 cm³/mol. The Morgan fingerprint density at radius 2 is 2.42 bits per heavy atom. The number of ether oxygens (including phenoxy) is 1. The monoisotopic (exact) mass is 268 g/mol. The minimum Gasteiger partial charge on any atom is -0.387 e. The molecule has 1 aliphatic rings. The van der Waals surface area contributed by atoms with E-state index >= 15 is 0 Å². The Bertz CT molecular complexity index is 386. The van der Waals surface area contributed by atoms with E-state index in [2.05, 4.69) is 16.8 Å². The van der Waals surface area contributed by atoms with Crippen LogP contribution in [0, 0.1) is 5.82 Å². The van der Waals surface area contributed by atoms with E-state index in [1.54, 1.807) is 0 Å². The zero-order chi connectivity index (χ0) is 13.7. The fraction of sp³-hybridized carbons (Fsp3) is 0.643. The molecule has 2 atom stereocenters. The molecule has 5 heteroatoms. The highest BCUT2D eigenvalue weighted by Gasteiger charge is 2.20. The number of halogens is 1. The molecule has 4 nitrogen and oxygen atoms in total. The van der Waals surface area contributed by atoms with Gasteiger partial charge in [0, 0.05) is 19.6 Å². The first-order valence-electron chi connectivity index (χ1n) is 6.82. The first-order chi connectivity index (χ1) is 9.19. The summed E-state index contributed by atoms with van der Waals surface area (Å²) in [4.78, 5) is 6.20. The van der Waals surface area contributed by atoms with E-state index in [-0.39, 0.29) is 5.82 Å². The molecule has 0 saturated carbocycles. The van der Waals surface area contributed by atoms with Crippen molar-refractivity contribution in [3.8, 4) is 0 Å². The lowest BCUT2D eigenvalue weighted by molar-refractivity contribution is -0.0331. The van der Waals surface area contributed by atoms with Crippen molar-refractivity contribution in [2.45, 2.75) is 32.0 Å². The van der Waals surface area contributed by atoms with Crippen LogP contribution in [0.2, 0.25) is 0 Å². The van der Waals surface area contributed by atoms with Crippen LogP contribution in [0.4, 0.5) is 4.39 Å². The summed E-state index contributed by atoms with van der Waals surface area (Å²) in [5.41, 5.74) is 0.529. The molecule has 106 valence electrons. The zero-order valence-corrected chi connectivity index (χ0v) is 11.3. The van der Waals surface area contributed by atoms with Gasteiger partial charge in [0.05, 0.1) is 30.7 Å². The van der Waals surface area contributed by atoms with E-state index in [4.69, 9.17) is 4.74 Å². The van der Waals surface area contributed by atoms with Crippen LogP contribution < -0.4 is 0 Å². The Balaban J connectivity index is 1.79. The maximum absolute atomic E-state index is 12.7. The molecule has 1 N–H and O–H groups in total. The highest BCUT2D eigenvalue weighted by atomic mass is 19.1. The van der Waals surface area contributed by atoms with Gasteiger partial charge in [-0.25, -0.2) is 4.39 Å². The Kier molecular flexibility index (Phi) is 5.24. The third kappa shape index (κ3) is 4.23. The first-order valence-corrected chi connectivity index (χ1v) is 6.82. The summed E-state index contributed by atoms with van der Waals surface area (Å²) in [5, 5.41) is 10.0. The molecule has 19 heavy (non-hydrogen) atoms. The number of pyridine rings is 1. The largest absolute Gasteiger partial charge is 0.387 e. The molecule has 0 amide bonds. The zero-order valence-electron chi connectivity index (χ0n) is 11.3. The van der Waals surface area contributed by atoms with Gasteiger partial charge in [0.15, 0.2) is 0 Å². The first kappa shape index (κ1) is 14.4. The van der Waals surface area contributed by atoms with E-state index in [0.29, 0.717) is 18.2 Å². The molecule has 0 radical (unpaired) electrons. The van der Waals surface area contributed by atoms with Gasteiger partial charge in [0.1, 0.15) is 5.82 Å². The molecular formula is C14H21FN2O2. The van der Waals surface area contributed by atoms with Crippen LogP contribution in [0.3, 0.4) is 0 Å². The van der Waals surface area contributed by atoms with Crippen molar-refractivity contribution >= 4 is 0 Å². The lowest BCUT2D eigenvalue weighted by Crippen LogP contribution is -2.42. The molecule has 2 heterocycles. The highest BCUT2D eigenvalue weighted by molar-refractivity contribution is 5.07. The van der Waals surface area contributed by atoms with Crippen molar-refractivity contribution in [1.82, 2.24) is 9.88 Å². The summed E-state index contributed by atoms with van der Waals surface area (Å²) in [6, 6.07) is 2.86. The second-order valence-electron chi connectivity index (χ2n) is 4.91. The topological polar surface area (TPSA) is 45.6 Å². The van der Waals surface area contributed by atoms with Gasteiger partial charge in [-0.05, 0) is 25.0 Å². The van der Waals surface area contributed by atoms with Crippen molar-refractivity contribution in [3.05, 3.63) is 29.8 Å². The van der Waals surface area contributed by atoms with Gasteiger partial charge in [0.25, 0.3) is 0 Å². The van der Waals surface area contributed by atoms with E-state index in [9.17, 15) is 9.50 Å². The predicted octanol–water partition coefficient (Wildman–Crippen LogP) is 1.76. The molecule has 1 fully saturated rings. The Hall–Kier alpha value is -1.04. The van der Waals surface area contributed by atoms with Gasteiger partial charge in [0.2, 0.25) is 0 Å². The fourth-order valence-corrected chi connectivity index (χ4v) is 2.27. The number of rotatable bonds is 5. The molecule has 2 rings (SSSR count). The third-order valence-electron chi connectivity index (χ3n) is 3.49. The van der Waals surface area contributed by atoms with E-state index < -0.39 is 6.10 Å². The van der Waals surface area contributed by atoms with Gasteiger partial charge >= 0.3 is 0 Å². The second-order valence-corrected chi connectivity index (χ2v) is 4.91. The van der Waals surface area contributed by atoms with E-state index in [1.165, 1.54) is 12.1 Å². The molecule has 1 aliphatic heterocycles. The summed E-state index contributed by atoms with van der Waals surface area (Å²) < 4.78 is 18.3. The lowest BCUT2D eigenvalue weighted by Gasteiger charge is -2.32. The Morgan fingerprint density at radius 3 is 3.11 bits per heavy atom. The number of nitrogens with zero attached hydrogens (tertiary/aromatic N) is 2. The number of hydrogen-bond donors (Lipinski definition) is 1. The number of morpholine rings is 1. The van der Waals surface area contributed by atoms with Crippen LogP contribution in [-0.2, 0) is 4.74 Å². The minimum atomic E-state index is -0.636. The maximum atomic E-state index is 12.7. The summed E-state index contributed by atoms with van der Waals surface area (Å²) in [6.07, 6.45) is 2.42. The second kappa shape index (κ2) is 6.93. The van der Waals surface area contributed by atoms with Crippen LogP contribution in [0.1, 0.15) is 31.6 Å². The molecule has 1 saturated heterocycles. The summed E-state index contributed by atoms with van der Waals surface area (Å²) in [7, 11) is 0. The standard InChI is InChI=1S/C14H21FN2O2/c1-2-12-10-17(7-8-19-12)6-5-14(18)13-4-3-11(15)9-16-13/h3-4,9,12,14,18H,2,5-8,10H2,1H3. The van der Waals surface area contributed by atoms with Crippen molar-refractivity contribution in [3.63, 3.8) is 0 Å². The summed E-state index contributed by atoms with van der Waals surface area (Å²) in [6.45, 7) is 5.50. The summed E-state index contributed by atoms with van der Waals surface area (Å²) in [5.74, 6) is -0.380. The van der Waals surface area contributed by atoms with Crippen molar-refractivity contribution < 1.29 is 14.2 Å². The molecular weight excluding hydrogens is 247 g/mol. The number of aliphatic hydroxyl groups is 1. The molecule has 0 bridgehead atoms. The number of aliphatic hydroxyl groups excluding tert-OH is 1. The van der Waals surface area contributed by atoms with Gasteiger partial charge in [-0.2, -0.15) is 0 Å². The lowest BCUT2D eigenvalue weighted by atomic mass is 10.1. The number of hydrogen-bond acceptors (Lipinski definition) is 4. The molecule has 0 aromatic carbocycles. The van der Waals surface area contributed by atoms with Crippen LogP contribution >= 0.6 is 0 Å². The Morgan fingerprint density at radius 1 is 1.58 bits per heavy atom. The van der Waals surface area contributed by atoms with Gasteiger partial charge in [-0.1, -0.05) is 6.92 Å². The van der Waals surface area contributed by atoms with E-state index in [0.717, 1.165) is 38.9 Å². The number of aromatic nitrogens is 1. The van der Waals surface area contributed by atoms with Crippen LogP contribution in [-0.4, -0.2) is 47.3 Å². The van der Waals surface area contributed by atoms with Gasteiger partial charge in [-0.3, -0.25) is 9.88 Å². The average Bonchev–Trinajstić information content (AvgIpc) is 2.46. The molecule has 0 aliphatic carbocycles. The summed E-state index contributed by atoms with van der Waals surface area (Å²) >= 11 is 0. The molecule has 1 aromatic rings. The smallest absolute Gasteiger partial charge is 0.141 e. The Labute approximate surface area is 113 Å². The minimum absolute atomic E-state index is 0.301. The van der Waals surface area contributed by atoms with Crippen molar-refractivity contribution in [2.75, 3.05) is 26.2 Å². The van der Waals surface area contributed by atoms with Gasteiger partial charge < -0.3 is 9.84 Å². The quantitative estimate of drug-likeness (QED) is 0.884. The van der Waals surface area contributed by atoms with Crippen LogP contribution in [0.25, 0.3) is 0 Å². The molecule has 0 spiro atoms. The fourth-order valence-electron chi connectivity index (χ4n) is 2.27. The van der Waals surface area contributed by atoms with Crippen molar-refractivity contribution in [2.24, 2.45) is 0 Å². The normalized spacial score (nSPS) is 22.4. The third-order valence-corrected chi connectivity index (χ3v) is 3.49. The molecule has 2 unspecified atom stereocenters. The maximum Gasteiger partial charge on any atom is 0.141 e.